The number of carbonyl (C=O) groups is 1. The molecule has 0 spiro atoms. The number of fused-ring (bicyclic) bond motifs is 1. The Morgan fingerprint density at radius 1 is 1.17 bits per heavy atom. The van der Waals surface area contributed by atoms with E-state index < -0.39 is 54.9 Å². The average Bonchev–Trinajstić information content (AvgIpc) is 2.81. The van der Waals surface area contributed by atoms with E-state index >= 15 is 0 Å². The van der Waals surface area contributed by atoms with Crippen molar-refractivity contribution in [3.8, 4) is 17.2 Å². The molecule has 0 aliphatic carbocycles. The molecule has 0 bridgehead atoms. The zero-order valence-corrected chi connectivity index (χ0v) is 19.8. The van der Waals surface area contributed by atoms with Gasteiger partial charge in [0.05, 0.1) is 30.8 Å². The molecule has 0 radical (unpaired) electrons. The van der Waals surface area contributed by atoms with Gasteiger partial charge in [-0.25, -0.2) is 0 Å². The van der Waals surface area contributed by atoms with E-state index in [-0.39, 0.29) is 28.9 Å². The quantitative estimate of drug-likeness (QED) is 0.229. The molecule has 8 N–H and O–H groups in total. The van der Waals surface area contributed by atoms with Crippen LogP contribution in [0.3, 0.4) is 0 Å². The third-order valence-electron chi connectivity index (χ3n) is 6.29. The van der Waals surface area contributed by atoms with E-state index in [0.717, 1.165) is 0 Å². The first kappa shape index (κ1) is 27.1. The average molecular weight is 496 g/mol. The van der Waals surface area contributed by atoms with E-state index in [1.807, 2.05) is 0 Å². The Hall–Kier alpha value is -2.51. The van der Waals surface area contributed by atoms with Gasteiger partial charge in [-0.1, -0.05) is 0 Å². The van der Waals surface area contributed by atoms with Gasteiger partial charge in [0.25, 0.3) is 0 Å². The molecule has 0 amide bonds. The van der Waals surface area contributed by atoms with Gasteiger partial charge in [-0.2, -0.15) is 0 Å². The number of Topliss-reactive ketones (excluding diaryl/α,β-unsaturated/α-hetero) is 1. The van der Waals surface area contributed by atoms with E-state index in [0.29, 0.717) is 29.5 Å². The number of phenols is 1. The molecule has 6 unspecified atom stereocenters. The molecule has 194 valence electrons. The van der Waals surface area contributed by atoms with E-state index in [2.05, 4.69) is 0 Å². The van der Waals surface area contributed by atoms with Crippen LogP contribution in [0.2, 0.25) is 0 Å². The van der Waals surface area contributed by atoms with Gasteiger partial charge < -0.3 is 50.6 Å². The van der Waals surface area contributed by atoms with Gasteiger partial charge in [0.1, 0.15) is 41.7 Å². The summed E-state index contributed by atoms with van der Waals surface area (Å²) in [4.78, 5) is 12.2. The number of phenolic OH excluding ortho intramolecular Hbond substituents is 1. The number of benzene rings is 2. The van der Waals surface area contributed by atoms with Crippen molar-refractivity contribution in [3.63, 3.8) is 0 Å². The van der Waals surface area contributed by atoms with Crippen molar-refractivity contribution in [2.45, 2.75) is 70.1 Å². The number of hydrogen-bond acceptors (Lipinski definition) is 11. The second kappa shape index (κ2) is 11.0. The predicted molar refractivity (Wildman–Crippen MR) is 124 cm³/mol. The van der Waals surface area contributed by atoms with Crippen LogP contribution in [0.5, 0.6) is 17.2 Å². The number of aliphatic hydroxyl groups excluding tert-OH is 5. The minimum atomic E-state index is -1.72. The van der Waals surface area contributed by atoms with Crippen LogP contribution in [-0.2, 0) is 11.3 Å². The zero-order valence-electron chi connectivity index (χ0n) is 19.8. The van der Waals surface area contributed by atoms with Gasteiger partial charge >= 0.3 is 0 Å². The van der Waals surface area contributed by atoms with Gasteiger partial charge in [0.2, 0.25) is 6.29 Å². The largest absolute Gasteiger partial charge is 0.506 e. The number of aliphatic hydroxyl groups is 5. The smallest absolute Gasteiger partial charge is 0.229 e. The summed E-state index contributed by atoms with van der Waals surface area (Å²) in [5, 5.41) is 63.1. The molecule has 2 aromatic carbocycles. The van der Waals surface area contributed by atoms with Crippen LogP contribution < -0.4 is 15.2 Å². The van der Waals surface area contributed by atoms with Crippen molar-refractivity contribution in [3.05, 3.63) is 28.8 Å². The molecule has 35 heavy (non-hydrogen) atoms. The lowest BCUT2D eigenvalue weighted by Crippen LogP contribution is -2.62. The number of aromatic hydroxyl groups is 1. The Balaban J connectivity index is 2.13. The standard InChI is InChI=1S/C24H33NO10/c1-10-7-12-13(9-26)15(33-3)8-16(18(12)19(29)17(10)11(2)27)34-24-22(32)20(30)21(31)23(35-24)14(28)5-4-6-25/h7-8,14,20-24,26,28-32H,4-6,9,25H2,1-3H3. The molecule has 0 aromatic heterocycles. The number of nitrogens with two attached hydrogens (primary N) is 1. The maximum atomic E-state index is 12.2. The van der Waals surface area contributed by atoms with Crippen molar-refractivity contribution in [2.24, 2.45) is 5.73 Å². The highest BCUT2D eigenvalue weighted by atomic mass is 16.7. The van der Waals surface area contributed by atoms with Crippen molar-refractivity contribution in [2.75, 3.05) is 13.7 Å². The monoisotopic (exact) mass is 495 g/mol. The molecule has 1 saturated heterocycles. The van der Waals surface area contributed by atoms with Gasteiger partial charge in [-0.3, -0.25) is 4.79 Å². The fourth-order valence-corrected chi connectivity index (χ4v) is 4.49. The van der Waals surface area contributed by atoms with Crippen LogP contribution in [0, 0.1) is 6.92 Å². The molecule has 2 aromatic rings. The predicted octanol–water partition coefficient (Wildman–Crippen LogP) is -0.156. The molecular formula is C24H33NO10. The van der Waals surface area contributed by atoms with Gasteiger partial charge in [-0.05, 0) is 50.2 Å². The molecule has 11 heteroatoms. The van der Waals surface area contributed by atoms with Gasteiger partial charge in [-0.15, -0.1) is 0 Å². The molecule has 1 heterocycles. The Kier molecular flexibility index (Phi) is 8.54. The molecule has 1 aliphatic rings. The Morgan fingerprint density at radius 2 is 1.86 bits per heavy atom. The first-order chi connectivity index (χ1) is 16.6. The van der Waals surface area contributed by atoms with Gasteiger partial charge in [0, 0.05) is 11.6 Å². The first-order valence-electron chi connectivity index (χ1n) is 11.3. The normalized spacial score (nSPS) is 25.5. The summed E-state index contributed by atoms with van der Waals surface area (Å²) in [6.07, 6.45) is -8.48. The van der Waals surface area contributed by atoms with Crippen LogP contribution in [0.25, 0.3) is 10.8 Å². The Bertz CT molecular complexity index is 1070. The molecule has 0 saturated carbocycles. The third-order valence-corrected chi connectivity index (χ3v) is 6.29. The van der Waals surface area contributed by atoms with Crippen molar-refractivity contribution in [1.82, 2.24) is 0 Å². The van der Waals surface area contributed by atoms with Crippen LogP contribution in [-0.4, -0.2) is 86.9 Å². The number of ether oxygens (including phenoxy) is 3. The lowest BCUT2D eigenvalue weighted by molar-refractivity contribution is -0.288. The summed E-state index contributed by atoms with van der Waals surface area (Å²) in [6, 6.07) is 2.95. The SMILES string of the molecule is COc1cc(OC2OC(C(O)CCCN)C(O)C(O)C2O)c2c(O)c(C(C)=O)c(C)cc2c1CO. The highest BCUT2D eigenvalue weighted by Gasteiger charge is 2.47. The van der Waals surface area contributed by atoms with E-state index in [1.165, 1.54) is 20.1 Å². The van der Waals surface area contributed by atoms with E-state index in [1.54, 1.807) is 13.0 Å². The number of aryl methyl sites for hydroxylation is 1. The number of ketones is 1. The maximum absolute atomic E-state index is 12.2. The molecule has 1 fully saturated rings. The molecule has 1 aliphatic heterocycles. The topological polar surface area (TPSA) is 192 Å². The van der Waals surface area contributed by atoms with Crippen LogP contribution >= 0.6 is 0 Å². The number of methoxy groups -OCH3 is 1. The summed E-state index contributed by atoms with van der Waals surface area (Å²) in [6.45, 7) is 2.78. The van der Waals surface area contributed by atoms with Crippen molar-refractivity contribution in [1.29, 1.82) is 0 Å². The van der Waals surface area contributed by atoms with Gasteiger partial charge in [0.15, 0.2) is 5.78 Å². The zero-order chi connectivity index (χ0) is 26.0. The number of rotatable bonds is 9. The minimum absolute atomic E-state index is 0.0482. The van der Waals surface area contributed by atoms with Crippen molar-refractivity contribution >= 4 is 16.6 Å². The van der Waals surface area contributed by atoms with Crippen LogP contribution in [0.1, 0.15) is 41.3 Å². The molecule has 6 atom stereocenters. The highest BCUT2D eigenvalue weighted by Crippen LogP contribution is 2.44. The highest BCUT2D eigenvalue weighted by molar-refractivity contribution is 6.08. The second-order valence-electron chi connectivity index (χ2n) is 8.67. The fraction of sp³-hybridized carbons (Fsp3) is 0.542. The Labute approximate surface area is 202 Å². The first-order valence-corrected chi connectivity index (χ1v) is 11.3. The maximum Gasteiger partial charge on any atom is 0.229 e. The fourth-order valence-electron chi connectivity index (χ4n) is 4.49. The van der Waals surface area contributed by atoms with E-state index in [9.17, 15) is 35.4 Å². The summed E-state index contributed by atoms with van der Waals surface area (Å²) in [7, 11) is 1.37. The van der Waals surface area contributed by atoms with Crippen LogP contribution in [0.4, 0.5) is 0 Å². The Morgan fingerprint density at radius 3 is 2.43 bits per heavy atom. The molecule has 3 rings (SSSR count). The number of hydrogen-bond donors (Lipinski definition) is 7. The summed E-state index contributed by atoms with van der Waals surface area (Å²) in [5.74, 6) is -0.665. The summed E-state index contributed by atoms with van der Waals surface area (Å²) < 4.78 is 16.9. The lowest BCUT2D eigenvalue weighted by atomic mass is 9.93. The molecule has 11 nitrogen and oxygen atoms in total. The lowest BCUT2D eigenvalue weighted by Gasteiger charge is -2.42. The summed E-state index contributed by atoms with van der Waals surface area (Å²) in [5.41, 5.74) is 6.32. The molecular weight excluding hydrogens is 462 g/mol. The van der Waals surface area contributed by atoms with Crippen molar-refractivity contribution < 1.29 is 49.6 Å². The van der Waals surface area contributed by atoms with E-state index in [4.69, 9.17) is 19.9 Å². The second-order valence-corrected chi connectivity index (χ2v) is 8.67. The minimum Gasteiger partial charge on any atom is -0.506 e. The number of carbonyl (C=O) groups excluding carboxylic acids is 1. The summed E-state index contributed by atoms with van der Waals surface area (Å²) >= 11 is 0. The third kappa shape index (κ3) is 5.07. The van der Waals surface area contributed by atoms with Crippen LogP contribution in [0.15, 0.2) is 12.1 Å².